The minimum absolute atomic E-state index is 0.0987. The number of halogens is 3. The number of nitrogens with zero attached hydrogens (tertiary/aromatic N) is 7. The fourth-order valence-electron chi connectivity index (χ4n) is 3.65. The topological polar surface area (TPSA) is 106 Å². The van der Waals surface area contributed by atoms with Gasteiger partial charge in [0.05, 0.1) is 11.9 Å². The van der Waals surface area contributed by atoms with Crippen molar-refractivity contribution >= 4 is 39.2 Å². The molecule has 9 nitrogen and oxygen atoms in total. The van der Waals surface area contributed by atoms with Gasteiger partial charge in [-0.15, -0.1) is 21.5 Å². The van der Waals surface area contributed by atoms with E-state index >= 15 is 0 Å². The number of hydrogen-bond donors (Lipinski definition) is 1. The van der Waals surface area contributed by atoms with Crippen LogP contribution < -0.4 is 15.5 Å². The van der Waals surface area contributed by atoms with Crippen LogP contribution in [0.1, 0.15) is 36.3 Å². The summed E-state index contributed by atoms with van der Waals surface area (Å²) in [6.07, 6.45) is -2.51. The van der Waals surface area contributed by atoms with Gasteiger partial charge in [0.1, 0.15) is 10.6 Å². The van der Waals surface area contributed by atoms with Crippen molar-refractivity contribution in [1.82, 2.24) is 24.7 Å². The Morgan fingerprint density at radius 3 is 2.75 bits per heavy atom. The second-order valence-corrected chi connectivity index (χ2v) is 8.79. The number of rotatable bonds is 7. The third-order valence-electron chi connectivity index (χ3n) is 5.25. The summed E-state index contributed by atoms with van der Waals surface area (Å²) >= 11 is 1.57. The maximum Gasteiger partial charge on any atom is 0.451 e. The number of carbonyl (C=O) groups excluding carboxylic acids is 1. The van der Waals surface area contributed by atoms with Gasteiger partial charge in [0.2, 0.25) is 17.7 Å². The lowest BCUT2D eigenvalue weighted by Crippen LogP contribution is -2.36. The normalized spacial score (nSPS) is 14.1. The first-order valence-corrected chi connectivity index (χ1v) is 11.0. The molecule has 0 aliphatic carbocycles. The molecule has 0 fully saturated rings. The molecule has 4 rings (SSSR count). The Labute approximate surface area is 186 Å². The van der Waals surface area contributed by atoms with Crippen LogP contribution in [0.15, 0.2) is 6.07 Å². The van der Waals surface area contributed by atoms with Crippen molar-refractivity contribution in [2.75, 3.05) is 29.9 Å². The van der Waals surface area contributed by atoms with Crippen LogP contribution in [0, 0.1) is 0 Å². The van der Waals surface area contributed by atoms with Gasteiger partial charge in [-0.2, -0.15) is 18.2 Å². The van der Waals surface area contributed by atoms with Crippen molar-refractivity contribution in [1.29, 1.82) is 0 Å². The van der Waals surface area contributed by atoms with Gasteiger partial charge in [-0.3, -0.25) is 4.79 Å². The number of fused-ring (bicyclic) bond motifs is 2. The molecule has 1 amide bonds. The Bertz CT molecular complexity index is 1140. The zero-order chi connectivity index (χ0) is 23.0. The summed E-state index contributed by atoms with van der Waals surface area (Å²) in [5, 5.41) is 7.98. The predicted octanol–water partition coefficient (Wildman–Crippen LogP) is 2.59. The summed E-state index contributed by atoms with van der Waals surface area (Å²) in [6.45, 7) is 3.02. The highest BCUT2D eigenvalue weighted by Gasteiger charge is 2.39. The van der Waals surface area contributed by atoms with Crippen molar-refractivity contribution in [3.8, 4) is 0 Å². The average Bonchev–Trinajstić information content (AvgIpc) is 3.34. The molecule has 0 unspecified atom stereocenters. The molecule has 1 aliphatic rings. The molecular formula is C19H23F3N8OS. The second-order valence-electron chi connectivity index (χ2n) is 7.68. The Morgan fingerprint density at radius 2 is 2.06 bits per heavy atom. The summed E-state index contributed by atoms with van der Waals surface area (Å²) in [4.78, 5) is 26.2. The van der Waals surface area contributed by atoms with E-state index in [-0.39, 0.29) is 25.3 Å². The number of thiophene rings is 1. The van der Waals surface area contributed by atoms with Crippen molar-refractivity contribution in [2.24, 2.45) is 5.73 Å². The molecule has 1 aliphatic heterocycles. The molecule has 0 saturated heterocycles. The fraction of sp³-hybridized carbons (Fsp3) is 0.526. The molecular weight excluding hydrogens is 445 g/mol. The third-order valence-corrected chi connectivity index (χ3v) is 6.34. The Balaban J connectivity index is 1.71. The maximum absolute atomic E-state index is 13.2. The first-order valence-electron chi connectivity index (χ1n) is 10.2. The van der Waals surface area contributed by atoms with E-state index in [9.17, 15) is 18.0 Å². The molecule has 172 valence electrons. The van der Waals surface area contributed by atoms with Crippen LogP contribution in [0.5, 0.6) is 0 Å². The van der Waals surface area contributed by atoms with Crippen LogP contribution >= 0.6 is 11.3 Å². The van der Waals surface area contributed by atoms with Gasteiger partial charge in [0.25, 0.3) is 0 Å². The minimum atomic E-state index is -4.55. The molecule has 0 saturated carbocycles. The smallest absolute Gasteiger partial charge is 0.370 e. The van der Waals surface area contributed by atoms with Crippen LogP contribution in [0.2, 0.25) is 0 Å². The quantitative estimate of drug-likeness (QED) is 0.568. The molecule has 3 aromatic rings. The number of primary amides is 1. The zero-order valence-corrected chi connectivity index (χ0v) is 18.5. The van der Waals surface area contributed by atoms with Crippen LogP contribution in [0.3, 0.4) is 0 Å². The van der Waals surface area contributed by atoms with E-state index in [1.165, 1.54) is 0 Å². The molecule has 4 heterocycles. The minimum Gasteiger partial charge on any atom is -0.370 e. The Hall–Kier alpha value is -2.96. The molecule has 0 bridgehead atoms. The van der Waals surface area contributed by atoms with Crippen molar-refractivity contribution in [3.05, 3.63) is 22.6 Å². The molecule has 0 aromatic carbocycles. The number of hydrogen-bond acceptors (Lipinski definition) is 8. The van der Waals surface area contributed by atoms with Gasteiger partial charge in [0.15, 0.2) is 5.82 Å². The number of alkyl halides is 3. The second kappa shape index (κ2) is 8.52. The number of carbonyl (C=O) groups is 1. The van der Waals surface area contributed by atoms with Crippen LogP contribution in [0.25, 0.3) is 10.2 Å². The molecule has 0 radical (unpaired) electrons. The van der Waals surface area contributed by atoms with E-state index in [4.69, 9.17) is 10.7 Å². The standard InChI is InChI=1S/C19H23F3N8OS/c1-3-4-11-9-12-15(24-18(25-16(12)32-11)28(2)6-5-13(23)31)29-7-8-30-14(10-29)26-27-17(30)19(20,21)22/h9H,3-8,10H2,1-2H3,(H2,23,31). The van der Waals surface area contributed by atoms with E-state index in [2.05, 4.69) is 22.1 Å². The van der Waals surface area contributed by atoms with E-state index < -0.39 is 17.9 Å². The highest BCUT2D eigenvalue weighted by atomic mass is 32.1. The van der Waals surface area contributed by atoms with E-state index in [1.807, 2.05) is 11.0 Å². The van der Waals surface area contributed by atoms with Crippen LogP contribution in [0.4, 0.5) is 24.9 Å². The van der Waals surface area contributed by atoms with Crippen LogP contribution in [-0.4, -0.2) is 50.8 Å². The maximum atomic E-state index is 13.2. The highest BCUT2D eigenvalue weighted by molar-refractivity contribution is 7.18. The van der Waals surface area contributed by atoms with Crippen molar-refractivity contribution in [2.45, 2.75) is 45.5 Å². The Kier molecular flexibility index (Phi) is 5.93. The number of amides is 1. The van der Waals surface area contributed by atoms with Gasteiger partial charge in [-0.05, 0) is 12.5 Å². The number of nitrogens with two attached hydrogens (primary N) is 1. The lowest BCUT2D eigenvalue weighted by molar-refractivity contribution is -0.147. The van der Waals surface area contributed by atoms with Gasteiger partial charge in [-0.25, -0.2) is 4.98 Å². The monoisotopic (exact) mass is 468 g/mol. The average molecular weight is 469 g/mol. The third kappa shape index (κ3) is 4.33. The lowest BCUT2D eigenvalue weighted by Gasteiger charge is -2.30. The van der Waals surface area contributed by atoms with Gasteiger partial charge < -0.3 is 20.1 Å². The molecule has 0 spiro atoms. The number of anilines is 2. The predicted molar refractivity (Wildman–Crippen MR) is 115 cm³/mol. The molecule has 0 atom stereocenters. The largest absolute Gasteiger partial charge is 0.451 e. The lowest BCUT2D eigenvalue weighted by atomic mass is 10.2. The fourth-order valence-corrected chi connectivity index (χ4v) is 4.77. The SMILES string of the molecule is CCCc1cc2c(N3CCn4c(nnc4C(F)(F)F)C3)nc(N(C)CCC(N)=O)nc2s1. The zero-order valence-electron chi connectivity index (χ0n) is 17.7. The summed E-state index contributed by atoms with van der Waals surface area (Å²) in [5.74, 6) is -0.0926. The van der Waals surface area contributed by atoms with E-state index in [0.717, 1.165) is 32.5 Å². The highest BCUT2D eigenvalue weighted by Crippen LogP contribution is 2.36. The van der Waals surface area contributed by atoms with E-state index in [0.29, 0.717) is 24.9 Å². The molecule has 2 N–H and O–H groups in total. The summed E-state index contributed by atoms with van der Waals surface area (Å²) < 4.78 is 40.7. The summed E-state index contributed by atoms with van der Waals surface area (Å²) in [7, 11) is 1.77. The van der Waals surface area contributed by atoms with Gasteiger partial charge in [0, 0.05) is 38.0 Å². The molecule has 13 heteroatoms. The molecule has 3 aromatic heterocycles. The van der Waals surface area contributed by atoms with E-state index in [1.54, 1.807) is 23.3 Å². The number of aromatic nitrogens is 5. The first-order chi connectivity index (χ1) is 15.2. The molecule has 32 heavy (non-hydrogen) atoms. The summed E-state index contributed by atoms with van der Waals surface area (Å²) in [6, 6.07) is 2.05. The van der Waals surface area contributed by atoms with Gasteiger partial charge >= 0.3 is 6.18 Å². The summed E-state index contributed by atoms with van der Waals surface area (Å²) in [5.41, 5.74) is 5.26. The Morgan fingerprint density at radius 1 is 1.28 bits per heavy atom. The first kappa shape index (κ1) is 22.2. The van der Waals surface area contributed by atoms with Crippen molar-refractivity contribution < 1.29 is 18.0 Å². The number of aryl methyl sites for hydroxylation is 1. The van der Waals surface area contributed by atoms with Crippen molar-refractivity contribution in [3.63, 3.8) is 0 Å². The van der Waals surface area contributed by atoms with Crippen LogP contribution in [-0.2, 0) is 30.5 Å². The van der Waals surface area contributed by atoms with Gasteiger partial charge in [-0.1, -0.05) is 13.3 Å².